The highest BCUT2D eigenvalue weighted by Crippen LogP contribution is 2.25. The zero-order valence-corrected chi connectivity index (χ0v) is 10.6. The van der Waals surface area contributed by atoms with Gasteiger partial charge in [-0.2, -0.15) is 5.26 Å². The number of nitrogen functional groups attached to an aromatic ring is 1. The van der Waals surface area contributed by atoms with Gasteiger partial charge in [-0.1, -0.05) is 24.3 Å². The van der Waals surface area contributed by atoms with E-state index in [-0.39, 0.29) is 0 Å². The Morgan fingerprint density at radius 1 is 1.11 bits per heavy atom. The number of nitriles is 1. The first kappa shape index (κ1) is 11.6. The summed E-state index contributed by atoms with van der Waals surface area (Å²) in [5.74, 6) is 0. The fraction of sp³-hybridized carbons (Fsp3) is 0.188. The van der Waals surface area contributed by atoms with E-state index < -0.39 is 0 Å². The van der Waals surface area contributed by atoms with Crippen molar-refractivity contribution in [3.05, 3.63) is 59.2 Å². The van der Waals surface area contributed by atoms with Crippen molar-refractivity contribution in [2.75, 3.05) is 11.1 Å². The molecule has 3 heteroatoms. The van der Waals surface area contributed by atoms with E-state index in [0.29, 0.717) is 17.3 Å². The van der Waals surface area contributed by atoms with Crippen LogP contribution in [-0.4, -0.2) is 6.04 Å². The predicted molar refractivity (Wildman–Crippen MR) is 76.8 cm³/mol. The highest BCUT2D eigenvalue weighted by molar-refractivity contribution is 5.63. The molecule has 3 N–H and O–H groups in total. The average molecular weight is 249 g/mol. The summed E-state index contributed by atoms with van der Waals surface area (Å²) in [7, 11) is 0. The van der Waals surface area contributed by atoms with Crippen molar-refractivity contribution in [2.24, 2.45) is 0 Å². The van der Waals surface area contributed by atoms with E-state index in [0.717, 1.165) is 18.5 Å². The van der Waals surface area contributed by atoms with Crippen LogP contribution in [0.15, 0.2) is 42.5 Å². The molecule has 19 heavy (non-hydrogen) atoms. The third-order valence-electron chi connectivity index (χ3n) is 3.59. The third-order valence-corrected chi connectivity index (χ3v) is 3.59. The summed E-state index contributed by atoms with van der Waals surface area (Å²) >= 11 is 0. The van der Waals surface area contributed by atoms with Gasteiger partial charge in [0.15, 0.2) is 0 Å². The first-order valence-corrected chi connectivity index (χ1v) is 6.39. The second-order valence-electron chi connectivity index (χ2n) is 4.93. The number of hydrogen-bond acceptors (Lipinski definition) is 3. The van der Waals surface area contributed by atoms with Crippen molar-refractivity contribution >= 4 is 11.4 Å². The topological polar surface area (TPSA) is 61.8 Å². The summed E-state index contributed by atoms with van der Waals surface area (Å²) in [6, 6.07) is 16.5. The number of nitrogens with one attached hydrogen (secondary N) is 1. The second-order valence-corrected chi connectivity index (χ2v) is 4.93. The summed E-state index contributed by atoms with van der Waals surface area (Å²) < 4.78 is 0. The lowest BCUT2D eigenvalue weighted by Crippen LogP contribution is -2.19. The smallest absolute Gasteiger partial charge is 0.101 e. The van der Waals surface area contributed by atoms with Crippen molar-refractivity contribution < 1.29 is 0 Å². The van der Waals surface area contributed by atoms with Crippen LogP contribution >= 0.6 is 0 Å². The molecule has 0 saturated carbocycles. The van der Waals surface area contributed by atoms with Gasteiger partial charge in [0.25, 0.3) is 0 Å². The molecule has 0 radical (unpaired) electrons. The first-order chi connectivity index (χ1) is 9.26. The Morgan fingerprint density at radius 2 is 1.79 bits per heavy atom. The minimum atomic E-state index is 0.407. The molecule has 0 spiro atoms. The molecular weight excluding hydrogens is 234 g/mol. The molecule has 94 valence electrons. The van der Waals surface area contributed by atoms with Crippen molar-refractivity contribution in [1.82, 2.24) is 0 Å². The van der Waals surface area contributed by atoms with Crippen LogP contribution < -0.4 is 11.1 Å². The quantitative estimate of drug-likeness (QED) is 0.804. The van der Waals surface area contributed by atoms with Gasteiger partial charge in [0.1, 0.15) is 6.07 Å². The molecule has 0 bridgehead atoms. The van der Waals surface area contributed by atoms with Crippen LogP contribution in [0.5, 0.6) is 0 Å². The molecule has 1 aliphatic carbocycles. The average Bonchev–Trinajstić information content (AvgIpc) is 2.81. The lowest BCUT2D eigenvalue weighted by Gasteiger charge is -2.14. The Balaban J connectivity index is 1.74. The number of rotatable bonds is 2. The monoisotopic (exact) mass is 249 g/mol. The summed E-state index contributed by atoms with van der Waals surface area (Å²) in [5, 5.41) is 12.4. The highest BCUT2D eigenvalue weighted by Gasteiger charge is 2.20. The van der Waals surface area contributed by atoms with Gasteiger partial charge in [0.05, 0.1) is 11.3 Å². The van der Waals surface area contributed by atoms with E-state index in [1.165, 1.54) is 11.1 Å². The molecule has 3 nitrogen and oxygen atoms in total. The summed E-state index contributed by atoms with van der Waals surface area (Å²) in [6.07, 6.45) is 2.08. The van der Waals surface area contributed by atoms with Crippen LogP contribution in [0.2, 0.25) is 0 Å². The molecule has 1 aliphatic rings. The summed E-state index contributed by atoms with van der Waals surface area (Å²) in [5.41, 5.74) is 10.7. The van der Waals surface area contributed by atoms with Crippen LogP contribution in [0.1, 0.15) is 16.7 Å². The molecular formula is C16H15N3. The lowest BCUT2D eigenvalue weighted by atomic mass is 10.1. The van der Waals surface area contributed by atoms with Crippen LogP contribution in [0, 0.1) is 11.3 Å². The Labute approximate surface area is 112 Å². The maximum Gasteiger partial charge on any atom is 0.101 e. The first-order valence-electron chi connectivity index (χ1n) is 6.39. The number of fused-ring (bicyclic) bond motifs is 1. The number of nitrogens with two attached hydrogens (primary N) is 1. The van der Waals surface area contributed by atoms with Gasteiger partial charge in [-0.05, 0) is 42.2 Å². The highest BCUT2D eigenvalue weighted by atomic mass is 14.9. The lowest BCUT2D eigenvalue weighted by molar-refractivity contribution is 0.774. The molecule has 0 saturated heterocycles. The van der Waals surface area contributed by atoms with Crippen LogP contribution in [-0.2, 0) is 12.8 Å². The van der Waals surface area contributed by atoms with Gasteiger partial charge in [0, 0.05) is 11.7 Å². The third kappa shape index (κ3) is 2.25. The molecule has 0 amide bonds. The van der Waals surface area contributed by atoms with Gasteiger partial charge in [-0.25, -0.2) is 0 Å². The predicted octanol–water partition coefficient (Wildman–Crippen LogP) is 2.72. The van der Waals surface area contributed by atoms with E-state index in [1.54, 1.807) is 6.07 Å². The Bertz CT molecular complexity index is 630. The zero-order chi connectivity index (χ0) is 13.2. The van der Waals surface area contributed by atoms with Crippen molar-refractivity contribution in [3.8, 4) is 6.07 Å². The van der Waals surface area contributed by atoms with Gasteiger partial charge in [-0.3, -0.25) is 0 Å². The Morgan fingerprint density at radius 3 is 2.37 bits per heavy atom. The SMILES string of the molecule is N#Cc1ccc(NC2Cc3ccccc3C2)cc1N. The Hall–Kier alpha value is -2.47. The summed E-state index contributed by atoms with van der Waals surface area (Å²) in [4.78, 5) is 0. The maximum absolute atomic E-state index is 8.86. The van der Waals surface area contributed by atoms with Crippen molar-refractivity contribution in [3.63, 3.8) is 0 Å². The zero-order valence-electron chi connectivity index (χ0n) is 10.6. The number of benzene rings is 2. The largest absolute Gasteiger partial charge is 0.398 e. The second kappa shape index (κ2) is 4.66. The maximum atomic E-state index is 8.86. The molecule has 0 unspecified atom stereocenters. The van der Waals surface area contributed by atoms with Gasteiger partial charge in [-0.15, -0.1) is 0 Å². The van der Waals surface area contributed by atoms with Crippen LogP contribution in [0.3, 0.4) is 0 Å². The molecule has 2 aromatic rings. The fourth-order valence-corrected chi connectivity index (χ4v) is 2.65. The minimum Gasteiger partial charge on any atom is -0.398 e. The van der Waals surface area contributed by atoms with Crippen LogP contribution in [0.25, 0.3) is 0 Å². The molecule has 2 aromatic carbocycles. The molecule has 0 heterocycles. The van der Waals surface area contributed by atoms with Gasteiger partial charge in [0.2, 0.25) is 0 Å². The number of anilines is 2. The van der Waals surface area contributed by atoms with Crippen molar-refractivity contribution in [2.45, 2.75) is 18.9 Å². The number of nitrogens with zero attached hydrogens (tertiary/aromatic N) is 1. The molecule has 3 rings (SSSR count). The Kier molecular flexibility index (Phi) is 2.85. The van der Waals surface area contributed by atoms with E-state index >= 15 is 0 Å². The van der Waals surface area contributed by atoms with Gasteiger partial charge < -0.3 is 11.1 Å². The molecule has 0 aromatic heterocycles. The van der Waals surface area contributed by atoms with E-state index in [1.807, 2.05) is 12.1 Å². The normalized spacial score (nSPS) is 13.8. The van der Waals surface area contributed by atoms with E-state index in [4.69, 9.17) is 11.0 Å². The fourth-order valence-electron chi connectivity index (χ4n) is 2.65. The molecule has 0 aliphatic heterocycles. The minimum absolute atomic E-state index is 0.407. The van der Waals surface area contributed by atoms with Gasteiger partial charge >= 0.3 is 0 Å². The number of hydrogen-bond donors (Lipinski definition) is 2. The molecule has 0 atom stereocenters. The van der Waals surface area contributed by atoms with E-state index in [2.05, 4.69) is 35.7 Å². The van der Waals surface area contributed by atoms with E-state index in [9.17, 15) is 0 Å². The summed E-state index contributed by atoms with van der Waals surface area (Å²) in [6.45, 7) is 0. The van der Waals surface area contributed by atoms with Crippen molar-refractivity contribution in [1.29, 1.82) is 5.26 Å². The van der Waals surface area contributed by atoms with Crippen LogP contribution in [0.4, 0.5) is 11.4 Å². The molecule has 0 fully saturated rings. The standard InChI is InChI=1S/C16H15N3/c17-10-13-5-6-14(9-16(13)18)19-15-7-11-3-1-2-4-12(11)8-15/h1-6,9,15,19H,7-8,18H2.